The monoisotopic (exact) mass is 444 g/mol. The third-order valence-corrected chi connectivity index (χ3v) is 6.10. The molecule has 182 valence electrons. The van der Waals surface area contributed by atoms with Gasteiger partial charge in [0.1, 0.15) is 6.04 Å². The number of unbranched alkanes of at least 4 members (excludes halogenated alkanes) is 13. The maximum Gasteiger partial charge on any atom is 0.251 e. The normalized spacial score (nSPS) is 12.0. The highest BCUT2D eigenvalue weighted by molar-refractivity contribution is 5.97. The quantitative estimate of drug-likeness (QED) is 0.225. The molecule has 0 bridgehead atoms. The lowest BCUT2D eigenvalue weighted by Crippen LogP contribution is -2.49. The SMILES string of the molecule is CCCCCCCCCCCCCCCCNC(=O)C(NC(=O)c1ccccc1)C(C)C. The molecule has 0 saturated heterocycles. The van der Waals surface area contributed by atoms with Crippen LogP contribution >= 0.6 is 0 Å². The van der Waals surface area contributed by atoms with Crippen molar-refractivity contribution in [3.8, 4) is 0 Å². The Labute approximate surface area is 197 Å². The Morgan fingerprint density at radius 3 is 1.66 bits per heavy atom. The first kappa shape index (κ1) is 28.2. The highest BCUT2D eigenvalue weighted by Crippen LogP contribution is 2.13. The lowest BCUT2D eigenvalue weighted by Gasteiger charge is -2.21. The van der Waals surface area contributed by atoms with Crippen LogP contribution in [0.5, 0.6) is 0 Å². The van der Waals surface area contributed by atoms with Gasteiger partial charge < -0.3 is 10.6 Å². The van der Waals surface area contributed by atoms with E-state index in [4.69, 9.17) is 0 Å². The summed E-state index contributed by atoms with van der Waals surface area (Å²) < 4.78 is 0. The van der Waals surface area contributed by atoms with Gasteiger partial charge in [-0.2, -0.15) is 0 Å². The van der Waals surface area contributed by atoms with Crippen molar-refractivity contribution >= 4 is 11.8 Å². The lowest BCUT2D eigenvalue weighted by molar-refractivity contribution is -0.123. The zero-order valence-electron chi connectivity index (χ0n) is 21.0. The van der Waals surface area contributed by atoms with Crippen molar-refractivity contribution < 1.29 is 9.59 Å². The fourth-order valence-electron chi connectivity index (χ4n) is 3.99. The number of benzene rings is 1. The van der Waals surface area contributed by atoms with Crippen LogP contribution in [0.3, 0.4) is 0 Å². The second kappa shape index (κ2) is 18.7. The van der Waals surface area contributed by atoms with Crippen molar-refractivity contribution in [2.75, 3.05) is 6.54 Å². The summed E-state index contributed by atoms with van der Waals surface area (Å²) in [5.74, 6) is -0.242. The molecule has 1 aromatic carbocycles. The summed E-state index contributed by atoms with van der Waals surface area (Å²) in [6, 6.07) is 8.55. The third-order valence-electron chi connectivity index (χ3n) is 6.10. The van der Waals surface area contributed by atoms with Gasteiger partial charge in [-0.05, 0) is 24.5 Å². The van der Waals surface area contributed by atoms with E-state index < -0.39 is 6.04 Å². The Kier molecular flexibility index (Phi) is 16.5. The minimum Gasteiger partial charge on any atom is -0.354 e. The average Bonchev–Trinajstić information content (AvgIpc) is 2.80. The predicted octanol–water partition coefficient (Wildman–Crippen LogP) is 7.04. The molecule has 1 aromatic rings. The summed E-state index contributed by atoms with van der Waals surface area (Å²) in [6.45, 7) is 6.87. The molecule has 1 unspecified atom stereocenters. The zero-order valence-corrected chi connectivity index (χ0v) is 21.0. The first-order valence-corrected chi connectivity index (χ1v) is 13.2. The van der Waals surface area contributed by atoms with Crippen molar-refractivity contribution in [3.63, 3.8) is 0 Å². The van der Waals surface area contributed by atoms with E-state index in [0.29, 0.717) is 12.1 Å². The highest BCUT2D eigenvalue weighted by Gasteiger charge is 2.24. The van der Waals surface area contributed by atoms with E-state index in [1.54, 1.807) is 12.1 Å². The van der Waals surface area contributed by atoms with E-state index in [9.17, 15) is 9.59 Å². The number of carbonyl (C=O) groups excluding carboxylic acids is 2. The van der Waals surface area contributed by atoms with E-state index in [-0.39, 0.29) is 17.7 Å². The Hall–Kier alpha value is -1.84. The number of amides is 2. The fourth-order valence-corrected chi connectivity index (χ4v) is 3.99. The summed E-state index contributed by atoms with van der Waals surface area (Å²) in [5.41, 5.74) is 0.581. The molecule has 4 nitrogen and oxygen atoms in total. The van der Waals surface area contributed by atoms with Crippen LogP contribution in [0.15, 0.2) is 30.3 Å². The first-order valence-electron chi connectivity index (χ1n) is 13.2. The van der Waals surface area contributed by atoms with Crippen LogP contribution in [0.1, 0.15) is 121 Å². The van der Waals surface area contributed by atoms with Gasteiger partial charge in [0.25, 0.3) is 5.91 Å². The molecular formula is C28H48N2O2. The molecule has 2 N–H and O–H groups in total. The minimum absolute atomic E-state index is 0.0407. The molecular weight excluding hydrogens is 396 g/mol. The smallest absolute Gasteiger partial charge is 0.251 e. The van der Waals surface area contributed by atoms with Gasteiger partial charge >= 0.3 is 0 Å². The summed E-state index contributed by atoms with van der Waals surface area (Å²) in [7, 11) is 0. The summed E-state index contributed by atoms with van der Waals surface area (Å²) >= 11 is 0. The molecule has 0 aromatic heterocycles. The maximum absolute atomic E-state index is 12.6. The fraction of sp³-hybridized carbons (Fsp3) is 0.714. The van der Waals surface area contributed by atoms with Crippen LogP contribution in [0.25, 0.3) is 0 Å². The van der Waals surface area contributed by atoms with Crippen molar-refractivity contribution in [1.82, 2.24) is 10.6 Å². The van der Waals surface area contributed by atoms with E-state index in [1.807, 2.05) is 32.0 Å². The second-order valence-corrected chi connectivity index (χ2v) is 9.45. The Bertz CT molecular complexity index is 601. The van der Waals surface area contributed by atoms with Crippen molar-refractivity contribution in [2.24, 2.45) is 5.92 Å². The molecule has 0 radical (unpaired) electrons. The molecule has 0 aliphatic carbocycles. The Morgan fingerprint density at radius 2 is 1.19 bits per heavy atom. The van der Waals surface area contributed by atoms with Crippen molar-refractivity contribution in [2.45, 2.75) is 117 Å². The molecule has 0 saturated carbocycles. The van der Waals surface area contributed by atoms with Crippen LogP contribution in [0, 0.1) is 5.92 Å². The molecule has 1 rings (SSSR count). The Balaban J connectivity index is 2.04. The van der Waals surface area contributed by atoms with E-state index in [2.05, 4.69) is 17.6 Å². The van der Waals surface area contributed by atoms with Crippen LogP contribution in [0.4, 0.5) is 0 Å². The number of rotatable bonds is 19. The standard InChI is InChI=1S/C28H48N2O2/c1-4-5-6-7-8-9-10-11-12-13-14-15-16-20-23-29-28(32)26(24(2)3)30-27(31)25-21-18-17-19-22-25/h17-19,21-22,24,26H,4-16,20,23H2,1-3H3,(H,29,32)(H,30,31). The molecule has 0 fully saturated rings. The van der Waals surface area contributed by atoms with Crippen LogP contribution < -0.4 is 10.6 Å². The molecule has 0 heterocycles. The average molecular weight is 445 g/mol. The molecule has 0 aliphatic heterocycles. The van der Waals surface area contributed by atoms with E-state index in [0.717, 1.165) is 12.8 Å². The van der Waals surface area contributed by atoms with Crippen LogP contribution in [0.2, 0.25) is 0 Å². The third kappa shape index (κ3) is 13.5. The van der Waals surface area contributed by atoms with Gasteiger partial charge in [0.2, 0.25) is 5.91 Å². The van der Waals surface area contributed by atoms with Crippen LogP contribution in [-0.2, 0) is 4.79 Å². The topological polar surface area (TPSA) is 58.2 Å². The molecule has 32 heavy (non-hydrogen) atoms. The first-order chi connectivity index (χ1) is 15.6. The molecule has 0 aliphatic rings. The van der Waals surface area contributed by atoms with Gasteiger partial charge in [-0.1, -0.05) is 122 Å². The summed E-state index contributed by atoms with van der Waals surface area (Å²) in [4.78, 5) is 24.9. The van der Waals surface area contributed by atoms with Crippen LogP contribution in [-0.4, -0.2) is 24.4 Å². The van der Waals surface area contributed by atoms with Gasteiger partial charge in [-0.3, -0.25) is 9.59 Å². The number of hydrogen-bond acceptors (Lipinski definition) is 2. The Morgan fingerprint density at radius 1 is 0.719 bits per heavy atom. The highest BCUT2D eigenvalue weighted by atomic mass is 16.2. The summed E-state index contributed by atoms with van der Waals surface area (Å²) in [6.07, 6.45) is 18.6. The lowest BCUT2D eigenvalue weighted by atomic mass is 10.0. The van der Waals surface area contributed by atoms with Gasteiger partial charge in [-0.15, -0.1) is 0 Å². The molecule has 0 spiro atoms. The number of carbonyl (C=O) groups is 2. The molecule has 1 atom stereocenters. The molecule has 4 heteroatoms. The van der Waals surface area contributed by atoms with E-state index in [1.165, 1.54) is 77.0 Å². The van der Waals surface area contributed by atoms with Crippen molar-refractivity contribution in [3.05, 3.63) is 35.9 Å². The number of hydrogen-bond donors (Lipinski definition) is 2. The summed E-state index contributed by atoms with van der Waals surface area (Å²) in [5, 5.41) is 5.89. The van der Waals surface area contributed by atoms with Crippen molar-refractivity contribution in [1.29, 1.82) is 0 Å². The van der Waals surface area contributed by atoms with Gasteiger partial charge in [0, 0.05) is 12.1 Å². The van der Waals surface area contributed by atoms with Gasteiger partial charge in [0.05, 0.1) is 0 Å². The maximum atomic E-state index is 12.6. The van der Waals surface area contributed by atoms with Gasteiger partial charge in [0.15, 0.2) is 0 Å². The molecule has 2 amide bonds. The number of nitrogens with one attached hydrogen (secondary N) is 2. The predicted molar refractivity (Wildman–Crippen MR) is 136 cm³/mol. The largest absolute Gasteiger partial charge is 0.354 e. The van der Waals surface area contributed by atoms with E-state index >= 15 is 0 Å². The minimum atomic E-state index is -0.505. The zero-order chi connectivity index (χ0) is 23.4. The second-order valence-electron chi connectivity index (χ2n) is 9.45. The van der Waals surface area contributed by atoms with Gasteiger partial charge in [-0.25, -0.2) is 0 Å².